The molecule has 0 saturated heterocycles. The minimum absolute atomic E-state index is 0.349. The number of halogens is 2. The number of hydrogen-bond acceptors (Lipinski definition) is 1. The Labute approximate surface area is 118 Å². The van der Waals surface area contributed by atoms with Gasteiger partial charge in [-0.25, -0.2) is 4.39 Å². The van der Waals surface area contributed by atoms with E-state index in [-0.39, 0.29) is 5.82 Å². The van der Waals surface area contributed by atoms with E-state index in [1.807, 2.05) is 32.0 Å². The van der Waals surface area contributed by atoms with E-state index in [9.17, 15) is 4.39 Å². The quantitative estimate of drug-likeness (QED) is 0.734. The van der Waals surface area contributed by atoms with Gasteiger partial charge >= 0.3 is 0 Å². The molecule has 0 aliphatic heterocycles. The molecule has 0 aromatic heterocycles. The molecule has 2 aromatic carbocycles. The highest BCUT2D eigenvalue weighted by molar-refractivity contribution is 6.22. The van der Waals surface area contributed by atoms with Crippen molar-refractivity contribution in [3.05, 3.63) is 64.5 Å². The Morgan fingerprint density at radius 1 is 1.11 bits per heavy atom. The lowest BCUT2D eigenvalue weighted by Crippen LogP contribution is -2.01. The van der Waals surface area contributed by atoms with Crippen LogP contribution in [0.15, 0.2) is 36.4 Å². The number of benzene rings is 2. The maximum Gasteiger partial charge on any atom is 0.131 e. The lowest BCUT2D eigenvalue weighted by atomic mass is 9.99. The fourth-order valence-electron chi connectivity index (χ4n) is 2.03. The molecule has 0 heterocycles. The minimum atomic E-state index is -0.560. The molecule has 3 heteroatoms. The summed E-state index contributed by atoms with van der Waals surface area (Å²) in [6.07, 6.45) is 0. The van der Waals surface area contributed by atoms with Crippen molar-refractivity contribution in [2.24, 2.45) is 0 Å². The Balaban J connectivity index is 2.49. The summed E-state index contributed by atoms with van der Waals surface area (Å²) in [5.74, 6) is 0.121. The summed E-state index contributed by atoms with van der Waals surface area (Å²) >= 11 is 6.43. The average molecular weight is 279 g/mol. The normalized spacial score (nSPS) is 12.3. The number of hydrogen-bond donors (Lipinski definition) is 0. The van der Waals surface area contributed by atoms with E-state index >= 15 is 0 Å². The highest BCUT2D eigenvalue weighted by atomic mass is 35.5. The summed E-state index contributed by atoms with van der Waals surface area (Å²) in [6, 6.07) is 10.6. The van der Waals surface area contributed by atoms with Gasteiger partial charge in [-0.3, -0.25) is 0 Å². The van der Waals surface area contributed by atoms with E-state index in [4.69, 9.17) is 16.3 Å². The second-order valence-corrected chi connectivity index (χ2v) is 5.00. The molecule has 0 aliphatic rings. The van der Waals surface area contributed by atoms with Gasteiger partial charge in [0.05, 0.1) is 18.1 Å². The second-order valence-electron chi connectivity index (χ2n) is 4.56. The summed E-state index contributed by atoms with van der Waals surface area (Å²) in [5, 5.41) is -0.560. The van der Waals surface area contributed by atoms with Gasteiger partial charge in [0.25, 0.3) is 0 Å². The topological polar surface area (TPSA) is 9.23 Å². The summed E-state index contributed by atoms with van der Waals surface area (Å²) in [5.41, 5.74) is 3.58. The minimum Gasteiger partial charge on any atom is -0.496 e. The third-order valence-corrected chi connectivity index (χ3v) is 3.78. The summed E-state index contributed by atoms with van der Waals surface area (Å²) in [4.78, 5) is 0. The Kier molecular flexibility index (Phi) is 4.11. The van der Waals surface area contributed by atoms with Crippen LogP contribution in [0.1, 0.15) is 27.6 Å². The van der Waals surface area contributed by atoms with Crippen LogP contribution in [0.2, 0.25) is 0 Å². The number of aryl methyl sites for hydroxylation is 2. The van der Waals surface area contributed by atoms with Crippen LogP contribution in [-0.2, 0) is 0 Å². The zero-order chi connectivity index (χ0) is 14.0. The molecule has 0 fully saturated rings. The van der Waals surface area contributed by atoms with Crippen molar-refractivity contribution in [2.75, 3.05) is 7.11 Å². The molecule has 2 aromatic rings. The number of rotatable bonds is 3. The Hall–Kier alpha value is -1.54. The Morgan fingerprint density at radius 2 is 1.84 bits per heavy atom. The summed E-state index contributed by atoms with van der Waals surface area (Å²) in [7, 11) is 1.52. The van der Waals surface area contributed by atoms with Gasteiger partial charge in [0.2, 0.25) is 0 Å². The average Bonchev–Trinajstić information content (AvgIpc) is 2.40. The summed E-state index contributed by atoms with van der Waals surface area (Å²) in [6.45, 7) is 4.05. The van der Waals surface area contributed by atoms with E-state index in [0.29, 0.717) is 11.3 Å². The van der Waals surface area contributed by atoms with Crippen molar-refractivity contribution in [2.45, 2.75) is 19.2 Å². The largest absolute Gasteiger partial charge is 0.496 e. The van der Waals surface area contributed by atoms with Crippen LogP contribution in [0, 0.1) is 19.7 Å². The zero-order valence-electron chi connectivity index (χ0n) is 11.2. The monoisotopic (exact) mass is 278 g/mol. The standard InChI is InChI=1S/C16H16ClFO/c1-10-7-8-12(9-11(10)2)16(17)15-13(18)5-4-6-14(15)19-3/h4-9,16H,1-3H3. The molecule has 0 N–H and O–H groups in total. The maximum absolute atomic E-state index is 14.0. The van der Waals surface area contributed by atoms with Crippen LogP contribution in [0.4, 0.5) is 4.39 Å². The van der Waals surface area contributed by atoms with Crippen LogP contribution in [0.3, 0.4) is 0 Å². The fraction of sp³-hybridized carbons (Fsp3) is 0.250. The lowest BCUT2D eigenvalue weighted by Gasteiger charge is -2.16. The van der Waals surface area contributed by atoms with Gasteiger partial charge in [0.1, 0.15) is 11.6 Å². The third-order valence-electron chi connectivity index (χ3n) is 3.31. The van der Waals surface area contributed by atoms with E-state index in [0.717, 1.165) is 11.1 Å². The second kappa shape index (κ2) is 5.62. The number of methoxy groups -OCH3 is 1. The van der Waals surface area contributed by atoms with Gasteiger partial charge in [-0.2, -0.15) is 0 Å². The number of ether oxygens (including phenoxy) is 1. The molecule has 1 unspecified atom stereocenters. The zero-order valence-corrected chi connectivity index (χ0v) is 12.0. The SMILES string of the molecule is COc1cccc(F)c1C(Cl)c1ccc(C)c(C)c1. The molecule has 0 bridgehead atoms. The predicted octanol–water partition coefficient (Wildman–Crippen LogP) is 4.78. The molecule has 19 heavy (non-hydrogen) atoms. The van der Waals surface area contributed by atoms with Gasteiger partial charge in [-0.05, 0) is 42.7 Å². The van der Waals surface area contributed by atoms with Crippen LogP contribution in [0.25, 0.3) is 0 Å². The molecule has 0 aliphatic carbocycles. The maximum atomic E-state index is 14.0. The predicted molar refractivity (Wildman–Crippen MR) is 76.6 cm³/mol. The van der Waals surface area contributed by atoms with Gasteiger partial charge < -0.3 is 4.74 Å². The van der Waals surface area contributed by atoms with Gasteiger partial charge in [0, 0.05) is 0 Å². The van der Waals surface area contributed by atoms with Gasteiger partial charge in [-0.15, -0.1) is 11.6 Å². The molecule has 100 valence electrons. The molecule has 2 rings (SSSR count). The van der Waals surface area contributed by atoms with E-state index in [2.05, 4.69) is 0 Å². The van der Waals surface area contributed by atoms with Gasteiger partial charge in [-0.1, -0.05) is 24.3 Å². The molecule has 1 nitrogen and oxygen atoms in total. The molecular weight excluding hydrogens is 263 g/mol. The lowest BCUT2D eigenvalue weighted by molar-refractivity contribution is 0.405. The fourth-order valence-corrected chi connectivity index (χ4v) is 2.38. The molecule has 0 radical (unpaired) electrons. The Bertz CT molecular complexity index is 595. The van der Waals surface area contributed by atoms with Crippen LogP contribution >= 0.6 is 11.6 Å². The van der Waals surface area contributed by atoms with Crippen molar-refractivity contribution in [1.82, 2.24) is 0 Å². The first kappa shape index (κ1) is 13.9. The van der Waals surface area contributed by atoms with E-state index < -0.39 is 5.38 Å². The highest BCUT2D eigenvalue weighted by Gasteiger charge is 2.20. The highest BCUT2D eigenvalue weighted by Crippen LogP contribution is 2.37. The smallest absolute Gasteiger partial charge is 0.131 e. The third kappa shape index (κ3) is 2.74. The van der Waals surface area contributed by atoms with E-state index in [1.54, 1.807) is 12.1 Å². The molecule has 1 atom stereocenters. The van der Waals surface area contributed by atoms with Crippen molar-refractivity contribution in [3.8, 4) is 5.75 Å². The van der Waals surface area contributed by atoms with Crippen LogP contribution in [0.5, 0.6) is 5.75 Å². The van der Waals surface area contributed by atoms with Crippen molar-refractivity contribution >= 4 is 11.6 Å². The molecule has 0 saturated carbocycles. The Morgan fingerprint density at radius 3 is 2.47 bits per heavy atom. The number of alkyl halides is 1. The van der Waals surface area contributed by atoms with Gasteiger partial charge in [0.15, 0.2) is 0 Å². The molecule has 0 spiro atoms. The molecule has 0 amide bonds. The van der Waals surface area contributed by atoms with Crippen LogP contribution in [-0.4, -0.2) is 7.11 Å². The molecular formula is C16H16ClFO. The first-order valence-electron chi connectivity index (χ1n) is 6.08. The van der Waals surface area contributed by atoms with Crippen molar-refractivity contribution < 1.29 is 9.13 Å². The van der Waals surface area contributed by atoms with Crippen molar-refractivity contribution in [3.63, 3.8) is 0 Å². The van der Waals surface area contributed by atoms with E-state index in [1.165, 1.54) is 18.7 Å². The first-order valence-corrected chi connectivity index (χ1v) is 6.52. The van der Waals surface area contributed by atoms with Crippen molar-refractivity contribution in [1.29, 1.82) is 0 Å². The summed E-state index contributed by atoms with van der Waals surface area (Å²) < 4.78 is 19.2. The first-order chi connectivity index (χ1) is 9.04. The van der Waals surface area contributed by atoms with Crippen LogP contribution < -0.4 is 4.74 Å².